The molecule has 0 heterocycles. The van der Waals surface area contributed by atoms with Crippen molar-refractivity contribution in [2.75, 3.05) is 6.61 Å². The number of ether oxygens (including phenoxy) is 1. The Kier molecular flexibility index (Phi) is 7.76. The van der Waals surface area contributed by atoms with E-state index >= 15 is 0 Å². The summed E-state index contributed by atoms with van der Waals surface area (Å²) < 4.78 is 4.76. The molecule has 0 aromatic rings. The first-order valence-corrected chi connectivity index (χ1v) is 4.55. The minimum atomic E-state index is -0.197. The van der Waals surface area contributed by atoms with Crippen molar-refractivity contribution in [2.45, 2.75) is 39.5 Å². The lowest BCUT2D eigenvalue weighted by atomic mass is 10.2. The molecule has 12 heavy (non-hydrogen) atoms. The van der Waals surface area contributed by atoms with Crippen molar-refractivity contribution >= 4 is 5.97 Å². The van der Waals surface area contributed by atoms with Gasteiger partial charge in [-0.2, -0.15) is 0 Å². The van der Waals surface area contributed by atoms with Gasteiger partial charge in [-0.1, -0.05) is 31.9 Å². The summed E-state index contributed by atoms with van der Waals surface area (Å²) in [4.78, 5) is 10.3. The summed E-state index contributed by atoms with van der Waals surface area (Å²) in [6, 6.07) is 0. The molecule has 2 nitrogen and oxygen atoms in total. The van der Waals surface area contributed by atoms with E-state index in [0.29, 0.717) is 6.61 Å². The molecule has 0 radical (unpaired) electrons. The van der Waals surface area contributed by atoms with Crippen LogP contribution in [0.5, 0.6) is 0 Å². The molecule has 0 spiro atoms. The van der Waals surface area contributed by atoms with Crippen LogP contribution in [0.4, 0.5) is 0 Å². The van der Waals surface area contributed by atoms with E-state index in [1.807, 2.05) is 0 Å². The maximum absolute atomic E-state index is 10.3. The highest BCUT2D eigenvalue weighted by Crippen LogP contribution is 1.96. The molecule has 0 aliphatic carbocycles. The number of carbonyl (C=O) groups is 1. The highest BCUT2D eigenvalue weighted by atomic mass is 16.5. The van der Waals surface area contributed by atoms with Crippen molar-refractivity contribution < 1.29 is 9.53 Å². The maximum atomic E-state index is 10.3. The van der Waals surface area contributed by atoms with Crippen LogP contribution in [0.2, 0.25) is 0 Å². The second kappa shape index (κ2) is 8.31. The van der Waals surface area contributed by atoms with E-state index in [-0.39, 0.29) is 5.97 Å². The lowest BCUT2D eigenvalue weighted by molar-refractivity contribution is -0.140. The van der Waals surface area contributed by atoms with Gasteiger partial charge in [-0.3, -0.25) is 4.79 Å². The Labute approximate surface area is 74.6 Å². The summed E-state index contributed by atoms with van der Waals surface area (Å²) in [5.74, 6) is -0.197. The van der Waals surface area contributed by atoms with Crippen LogP contribution in [-0.4, -0.2) is 12.6 Å². The average molecular weight is 170 g/mol. The molecule has 0 N–H and O–H groups in total. The van der Waals surface area contributed by atoms with Gasteiger partial charge in [-0.15, -0.1) is 0 Å². The van der Waals surface area contributed by atoms with E-state index in [9.17, 15) is 4.79 Å². The predicted octanol–water partition coefficient (Wildman–Crippen LogP) is 2.69. The number of esters is 1. The first-order chi connectivity index (χ1) is 5.77. The lowest BCUT2D eigenvalue weighted by Gasteiger charge is -1.96. The van der Waals surface area contributed by atoms with Crippen molar-refractivity contribution in [3.05, 3.63) is 12.2 Å². The lowest BCUT2D eigenvalue weighted by Crippen LogP contribution is -1.98. The Bertz CT molecular complexity index is 139. The molecular weight excluding hydrogens is 152 g/mol. The van der Waals surface area contributed by atoms with Gasteiger partial charge in [0.25, 0.3) is 0 Å². The maximum Gasteiger partial charge on any atom is 0.302 e. The van der Waals surface area contributed by atoms with Gasteiger partial charge in [0.1, 0.15) is 0 Å². The SMILES string of the molecule is CCCC/C=C/CCOC(C)=O. The van der Waals surface area contributed by atoms with Crippen molar-refractivity contribution in [3.63, 3.8) is 0 Å². The van der Waals surface area contributed by atoms with E-state index in [0.717, 1.165) is 12.8 Å². The molecule has 0 amide bonds. The zero-order valence-corrected chi connectivity index (χ0v) is 8.01. The van der Waals surface area contributed by atoms with Gasteiger partial charge in [0.05, 0.1) is 6.61 Å². The largest absolute Gasteiger partial charge is 0.466 e. The topological polar surface area (TPSA) is 26.3 Å². The van der Waals surface area contributed by atoms with Gasteiger partial charge in [-0.05, 0) is 12.8 Å². The summed E-state index contributed by atoms with van der Waals surface area (Å²) in [7, 11) is 0. The number of carbonyl (C=O) groups excluding carboxylic acids is 1. The fraction of sp³-hybridized carbons (Fsp3) is 0.700. The summed E-state index contributed by atoms with van der Waals surface area (Å²) in [5, 5.41) is 0. The van der Waals surface area contributed by atoms with Crippen LogP contribution in [0.1, 0.15) is 39.5 Å². The Balaban J connectivity index is 3.08. The molecule has 0 rings (SSSR count). The molecule has 0 aromatic carbocycles. The number of allylic oxidation sites excluding steroid dienone is 1. The summed E-state index contributed by atoms with van der Waals surface area (Å²) >= 11 is 0. The van der Waals surface area contributed by atoms with Crippen LogP contribution in [0, 0.1) is 0 Å². The molecule has 0 fully saturated rings. The van der Waals surface area contributed by atoms with E-state index < -0.39 is 0 Å². The molecular formula is C10H18O2. The third-order valence-electron chi connectivity index (χ3n) is 1.48. The standard InChI is InChI=1S/C10H18O2/c1-3-4-5-6-7-8-9-12-10(2)11/h6-7H,3-5,8-9H2,1-2H3/b7-6+. The number of hydrogen-bond acceptors (Lipinski definition) is 2. The monoisotopic (exact) mass is 170 g/mol. The van der Waals surface area contributed by atoms with Crippen LogP contribution in [0.25, 0.3) is 0 Å². The third kappa shape index (κ3) is 9.21. The second-order valence-electron chi connectivity index (χ2n) is 2.74. The highest BCUT2D eigenvalue weighted by molar-refractivity contribution is 5.65. The fourth-order valence-corrected chi connectivity index (χ4v) is 0.828. The zero-order valence-electron chi connectivity index (χ0n) is 8.01. The molecule has 0 atom stereocenters. The van der Waals surface area contributed by atoms with Crippen LogP contribution >= 0.6 is 0 Å². The number of rotatable bonds is 6. The minimum Gasteiger partial charge on any atom is -0.466 e. The van der Waals surface area contributed by atoms with Crippen molar-refractivity contribution in [2.24, 2.45) is 0 Å². The molecule has 70 valence electrons. The van der Waals surface area contributed by atoms with Gasteiger partial charge < -0.3 is 4.74 Å². The molecule has 0 saturated heterocycles. The molecule has 0 aromatic heterocycles. The van der Waals surface area contributed by atoms with E-state index in [1.165, 1.54) is 19.8 Å². The minimum absolute atomic E-state index is 0.197. The highest BCUT2D eigenvalue weighted by Gasteiger charge is 1.88. The quantitative estimate of drug-likeness (QED) is 0.348. The summed E-state index contributed by atoms with van der Waals surface area (Å²) in [6.07, 6.45) is 8.66. The number of hydrogen-bond donors (Lipinski definition) is 0. The first-order valence-electron chi connectivity index (χ1n) is 4.55. The molecule has 0 saturated carbocycles. The van der Waals surface area contributed by atoms with Gasteiger partial charge >= 0.3 is 5.97 Å². The molecule has 0 bridgehead atoms. The molecule has 0 unspecified atom stereocenters. The molecule has 0 aliphatic rings. The van der Waals surface area contributed by atoms with Crippen molar-refractivity contribution in [1.29, 1.82) is 0 Å². The third-order valence-corrected chi connectivity index (χ3v) is 1.48. The van der Waals surface area contributed by atoms with Gasteiger partial charge in [0.2, 0.25) is 0 Å². The van der Waals surface area contributed by atoms with Crippen LogP contribution < -0.4 is 0 Å². The Morgan fingerprint density at radius 1 is 1.33 bits per heavy atom. The Morgan fingerprint density at radius 2 is 2.00 bits per heavy atom. The normalized spacial score (nSPS) is 10.5. The van der Waals surface area contributed by atoms with Gasteiger partial charge in [-0.25, -0.2) is 0 Å². The van der Waals surface area contributed by atoms with E-state index in [4.69, 9.17) is 4.74 Å². The van der Waals surface area contributed by atoms with E-state index in [1.54, 1.807) is 0 Å². The van der Waals surface area contributed by atoms with E-state index in [2.05, 4.69) is 19.1 Å². The van der Waals surface area contributed by atoms with Crippen molar-refractivity contribution in [1.82, 2.24) is 0 Å². The predicted molar refractivity (Wildman–Crippen MR) is 49.9 cm³/mol. The van der Waals surface area contributed by atoms with Crippen LogP contribution in [-0.2, 0) is 9.53 Å². The Hall–Kier alpha value is -0.790. The summed E-state index contributed by atoms with van der Waals surface area (Å²) in [6.45, 7) is 4.12. The number of unbranched alkanes of at least 4 members (excludes halogenated alkanes) is 2. The summed E-state index contributed by atoms with van der Waals surface area (Å²) in [5.41, 5.74) is 0. The average Bonchev–Trinajstić information content (AvgIpc) is 2.02. The van der Waals surface area contributed by atoms with Gasteiger partial charge in [0, 0.05) is 6.92 Å². The van der Waals surface area contributed by atoms with Crippen LogP contribution in [0.15, 0.2) is 12.2 Å². The smallest absolute Gasteiger partial charge is 0.302 e. The van der Waals surface area contributed by atoms with Crippen molar-refractivity contribution in [3.8, 4) is 0 Å². The molecule has 2 heteroatoms. The molecule has 0 aliphatic heterocycles. The van der Waals surface area contributed by atoms with Gasteiger partial charge in [0.15, 0.2) is 0 Å². The Morgan fingerprint density at radius 3 is 2.58 bits per heavy atom. The zero-order chi connectivity index (χ0) is 9.23. The first kappa shape index (κ1) is 11.2. The second-order valence-corrected chi connectivity index (χ2v) is 2.74. The van der Waals surface area contributed by atoms with Crippen LogP contribution in [0.3, 0.4) is 0 Å². The fourth-order valence-electron chi connectivity index (χ4n) is 0.828.